The summed E-state index contributed by atoms with van der Waals surface area (Å²) >= 11 is 1.77. The summed E-state index contributed by atoms with van der Waals surface area (Å²) in [4.78, 5) is 9.95. The molecule has 0 aliphatic carbocycles. The van der Waals surface area contributed by atoms with Crippen LogP contribution in [0.3, 0.4) is 0 Å². The van der Waals surface area contributed by atoms with Gasteiger partial charge >= 0.3 is 0 Å². The zero-order valence-corrected chi connectivity index (χ0v) is 14.4. The number of thiazole rings is 1. The quantitative estimate of drug-likeness (QED) is 0.839. The van der Waals surface area contributed by atoms with Crippen molar-refractivity contribution in [3.05, 3.63) is 40.9 Å². The molecule has 0 spiro atoms. The van der Waals surface area contributed by atoms with Crippen LogP contribution in [0.2, 0.25) is 0 Å². The van der Waals surface area contributed by atoms with Crippen LogP contribution in [-0.4, -0.2) is 47.5 Å². The molecule has 1 aliphatic heterocycles. The molecule has 22 heavy (non-hydrogen) atoms. The maximum Gasteiger partial charge on any atom is 0.123 e. The standard InChI is InChI=1S/C18H25N3S/c1-3-8-20-9-11-21(12-10-20)13-16-14-22-18(19-16)17-7-5-4-6-15(17)2/h4-7,14H,3,8-13H2,1-2H3. The Hall–Kier alpha value is -1.23. The Morgan fingerprint density at radius 3 is 2.55 bits per heavy atom. The number of benzene rings is 1. The molecule has 3 rings (SSSR count). The van der Waals surface area contributed by atoms with E-state index in [1.54, 1.807) is 11.3 Å². The molecule has 0 radical (unpaired) electrons. The van der Waals surface area contributed by atoms with E-state index in [0.717, 1.165) is 24.6 Å². The fourth-order valence-electron chi connectivity index (χ4n) is 3.03. The highest BCUT2D eigenvalue weighted by molar-refractivity contribution is 7.13. The average molecular weight is 315 g/mol. The minimum absolute atomic E-state index is 0.988. The monoisotopic (exact) mass is 315 g/mol. The number of hydrogen-bond donors (Lipinski definition) is 0. The number of aromatic nitrogens is 1. The summed E-state index contributed by atoms with van der Waals surface area (Å²) in [6, 6.07) is 8.50. The smallest absolute Gasteiger partial charge is 0.123 e. The van der Waals surface area contributed by atoms with Gasteiger partial charge in [0.25, 0.3) is 0 Å². The molecule has 0 atom stereocenters. The molecule has 0 saturated carbocycles. The molecule has 118 valence electrons. The van der Waals surface area contributed by atoms with Crippen LogP contribution in [0.5, 0.6) is 0 Å². The summed E-state index contributed by atoms with van der Waals surface area (Å²) in [7, 11) is 0. The molecule has 2 aromatic rings. The number of rotatable bonds is 5. The van der Waals surface area contributed by atoms with Crippen LogP contribution in [0.4, 0.5) is 0 Å². The summed E-state index contributed by atoms with van der Waals surface area (Å²) < 4.78 is 0. The highest BCUT2D eigenvalue weighted by Gasteiger charge is 2.17. The molecule has 0 N–H and O–H groups in total. The number of aryl methyl sites for hydroxylation is 1. The Labute approximate surface area is 137 Å². The highest BCUT2D eigenvalue weighted by Crippen LogP contribution is 2.27. The van der Waals surface area contributed by atoms with E-state index in [4.69, 9.17) is 4.98 Å². The molecule has 0 bridgehead atoms. The first-order valence-corrected chi connectivity index (χ1v) is 9.09. The Bertz CT molecular complexity index is 600. The summed E-state index contributed by atoms with van der Waals surface area (Å²) in [5, 5.41) is 3.37. The van der Waals surface area contributed by atoms with Gasteiger partial charge in [-0.2, -0.15) is 0 Å². The van der Waals surface area contributed by atoms with E-state index >= 15 is 0 Å². The van der Waals surface area contributed by atoms with E-state index < -0.39 is 0 Å². The second kappa shape index (κ2) is 7.36. The van der Waals surface area contributed by atoms with Crippen molar-refractivity contribution in [1.82, 2.24) is 14.8 Å². The largest absolute Gasteiger partial charge is 0.301 e. The molecule has 2 heterocycles. The summed E-state index contributed by atoms with van der Waals surface area (Å²) in [6.07, 6.45) is 1.26. The van der Waals surface area contributed by atoms with Gasteiger partial charge < -0.3 is 4.90 Å². The van der Waals surface area contributed by atoms with Crippen LogP contribution in [-0.2, 0) is 6.54 Å². The minimum atomic E-state index is 0.988. The Balaban J connectivity index is 1.60. The molecule has 1 saturated heterocycles. The Kier molecular flexibility index (Phi) is 5.24. The second-order valence-corrected chi connectivity index (χ2v) is 6.93. The molecule has 1 aromatic heterocycles. The predicted molar refractivity (Wildman–Crippen MR) is 94.3 cm³/mol. The fraction of sp³-hybridized carbons (Fsp3) is 0.500. The van der Waals surface area contributed by atoms with E-state index in [1.165, 1.54) is 42.9 Å². The van der Waals surface area contributed by atoms with Gasteiger partial charge in [-0.15, -0.1) is 11.3 Å². The van der Waals surface area contributed by atoms with Gasteiger partial charge in [0.15, 0.2) is 0 Å². The average Bonchev–Trinajstić information content (AvgIpc) is 2.98. The lowest BCUT2D eigenvalue weighted by Gasteiger charge is -2.34. The summed E-state index contributed by atoms with van der Waals surface area (Å²) in [5.41, 5.74) is 3.79. The highest BCUT2D eigenvalue weighted by atomic mass is 32.1. The van der Waals surface area contributed by atoms with Gasteiger partial charge in [-0.1, -0.05) is 31.2 Å². The van der Waals surface area contributed by atoms with E-state index in [9.17, 15) is 0 Å². The van der Waals surface area contributed by atoms with Crippen LogP contribution < -0.4 is 0 Å². The first-order valence-electron chi connectivity index (χ1n) is 8.21. The van der Waals surface area contributed by atoms with Gasteiger partial charge in [0.2, 0.25) is 0 Å². The van der Waals surface area contributed by atoms with Gasteiger partial charge in [-0.25, -0.2) is 4.98 Å². The van der Waals surface area contributed by atoms with E-state index in [-0.39, 0.29) is 0 Å². The lowest BCUT2D eigenvalue weighted by Crippen LogP contribution is -2.46. The van der Waals surface area contributed by atoms with Gasteiger partial charge in [0.05, 0.1) is 5.69 Å². The van der Waals surface area contributed by atoms with Crippen LogP contribution in [0, 0.1) is 6.92 Å². The number of hydrogen-bond acceptors (Lipinski definition) is 4. The third-order valence-corrected chi connectivity index (χ3v) is 5.24. The van der Waals surface area contributed by atoms with Crippen molar-refractivity contribution >= 4 is 11.3 Å². The van der Waals surface area contributed by atoms with Crippen molar-refractivity contribution < 1.29 is 0 Å². The predicted octanol–water partition coefficient (Wildman–Crippen LogP) is 3.65. The third-order valence-electron chi connectivity index (χ3n) is 4.32. The first kappa shape index (κ1) is 15.7. The molecule has 1 fully saturated rings. The lowest BCUT2D eigenvalue weighted by molar-refractivity contribution is 0.126. The summed E-state index contributed by atoms with van der Waals surface area (Å²) in [6.45, 7) is 11.4. The molecule has 1 aromatic carbocycles. The maximum atomic E-state index is 4.85. The van der Waals surface area contributed by atoms with Gasteiger partial charge in [0, 0.05) is 43.7 Å². The van der Waals surface area contributed by atoms with Crippen molar-refractivity contribution in [2.24, 2.45) is 0 Å². The van der Waals surface area contributed by atoms with Crippen LogP contribution in [0.1, 0.15) is 24.6 Å². The molecular weight excluding hydrogens is 290 g/mol. The molecule has 3 nitrogen and oxygen atoms in total. The van der Waals surface area contributed by atoms with Crippen molar-refractivity contribution in [3.63, 3.8) is 0 Å². The molecular formula is C18H25N3S. The molecule has 0 unspecified atom stereocenters. The zero-order valence-electron chi connectivity index (χ0n) is 13.6. The normalized spacial score (nSPS) is 17.0. The topological polar surface area (TPSA) is 19.4 Å². The lowest BCUT2D eigenvalue weighted by atomic mass is 10.1. The number of nitrogens with zero attached hydrogens (tertiary/aromatic N) is 3. The molecule has 0 amide bonds. The fourth-order valence-corrected chi connectivity index (χ4v) is 3.93. The van der Waals surface area contributed by atoms with Gasteiger partial charge in [-0.3, -0.25) is 4.90 Å². The van der Waals surface area contributed by atoms with Crippen molar-refractivity contribution in [3.8, 4) is 10.6 Å². The Morgan fingerprint density at radius 2 is 1.82 bits per heavy atom. The van der Waals surface area contributed by atoms with Gasteiger partial charge in [-0.05, 0) is 25.5 Å². The molecule has 1 aliphatic rings. The first-order chi connectivity index (χ1) is 10.8. The van der Waals surface area contributed by atoms with Gasteiger partial charge in [0.1, 0.15) is 5.01 Å². The third kappa shape index (κ3) is 3.75. The van der Waals surface area contributed by atoms with E-state index in [0.29, 0.717) is 0 Å². The summed E-state index contributed by atoms with van der Waals surface area (Å²) in [5.74, 6) is 0. The van der Waals surface area contributed by atoms with Crippen molar-refractivity contribution in [1.29, 1.82) is 0 Å². The van der Waals surface area contributed by atoms with Crippen LogP contribution >= 0.6 is 11.3 Å². The van der Waals surface area contributed by atoms with Crippen molar-refractivity contribution in [2.45, 2.75) is 26.8 Å². The van der Waals surface area contributed by atoms with E-state index in [1.807, 2.05) is 0 Å². The Morgan fingerprint density at radius 1 is 1.09 bits per heavy atom. The van der Waals surface area contributed by atoms with Crippen LogP contribution in [0.15, 0.2) is 29.6 Å². The number of piperazine rings is 1. The minimum Gasteiger partial charge on any atom is -0.301 e. The second-order valence-electron chi connectivity index (χ2n) is 6.08. The SMILES string of the molecule is CCCN1CCN(Cc2csc(-c3ccccc3C)n2)CC1. The maximum absolute atomic E-state index is 4.85. The molecule has 4 heteroatoms. The van der Waals surface area contributed by atoms with E-state index in [2.05, 4.69) is 53.3 Å². The van der Waals surface area contributed by atoms with Crippen LogP contribution in [0.25, 0.3) is 10.6 Å². The van der Waals surface area contributed by atoms with Crippen molar-refractivity contribution in [2.75, 3.05) is 32.7 Å². The zero-order chi connectivity index (χ0) is 15.4.